The molecule has 0 rings (SSSR count). The Bertz CT molecular complexity index is 375. The molecule has 0 aromatic rings. The molecule has 0 heterocycles. The van der Waals surface area contributed by atoms with Gasteiger partial charge in [-0.25, -0.2) is 0 Å². The minimum Gasteiger partial charge on any atom is -0.329 e. The van der Waals surface area contributed by atoms with Crippen LogP contribution in [0.4, 0.5) is 0 Å². The average Bonchev–Trinajstić information content (AvgIpc) is 2.53. The maximum absolute atomic E-state index is 8.74. The summed E-state index contributed by atoms with van der Waals surface area (Å²) in [7, 11) is 0.0323. The Balaban J connectivity index is 0. The van der Waals surface area contributed by atoms with Crippen molar-refractivity contribution in [1.82, 2.24) is 0 Å². The van der Waals surface area contributed by atoms with E-state index in [0.29, 0.717) is 0 Å². The molecule has 26 heavy (non-hydrogen) atoms. The Morgan fingerprint density at radius 2 is 0.885 bits per heavy atom. The van der Waals surface area contributed by atoms with Gasteiger partial charge in [0.2, 0.25) is 0 Å². The largest absolute Gasteiger partial charge is 0.394 e. The summed E-state index contributed by atoms with van der Waals surface area (Å²) < 4.78 is 32.8. The highest BCUT2D eigenvalue weighted by Gasteiger charge is 2.09. The molecule has 5 nitrogen and oxygen atoms in total. The molecular formula is C20H46NO4S+. The van der Waals surface area contributed by atoms with Gasteiger partial charge in [0, 0.05) is 0 Å². The molecule has 0 aliphatic carbocycles. The van der Waals surface area contributed by atoms with Gasteiger partial charge in [0.05, 0.1) is 27.2 Å². The van der Waals surface area contributed by atoms with Gasteiger partial charge in [0.25, 0.3) is 0 Å². The molecule has 0 bridgehead atoms. The van der Waals surface area contributed by atoms with Gasteiger partial charge in [-0.05, 0) is 19.8 Å². The third kappa shape index (κ3) is 31.6. The molecule has 0 atom stereocenters. The molecule has 0 spiro atoms. The van der Waals surface area contributed by atoms with Gasteiger partial charge in [-0.1, -0.05) is 84.0 Å². The zero-order chi connectivity index (χ0) is 20.3. The van der Waals surface area contributed by atoms with Gasteiger partial charge in [0.15, 0.2) is 0 Å². The Morgan fingerprint density at radius 1 is 0.615 bits per heavy atom. The van der Waals surface area contributed by atoms with Gasteiger partial charge >= 0.3 is 10.4 Å². The molecular weight excluding hydrogens is 350 g/mol. The van der Waals surface area contributed by atoms with Crippen LogP contribution in [0.2, 0.25) is 0 Å². The summed E-state index contributed by atoms with van der Waals surface area (Å²) in [6, 6.07) is 0. The third-order valence-electron chi connectivity index (χ3n) is 4.97. The van der Waals surface area contributed by atoms with Gasteiger partial charge in [-0.3, -0.25) is 9.11 Å². The van der Waals surface area contributed by atoms with Crippen molar-refractivity contribution in [2.24, 2.45) is 0 Å². The third-order valence-corrected chi connectivity index (χ3v) is 4.97. The van der Waals surface area contributed by atoms with Gasteiger partial charge in [-0.2, -0.15) is 8.42 Å². The van der Waals surface area contributed by atoms with E-state index in [9.17, 15) is 0 Å². The van der Waals surface area contributed by atoms with E-state index in [1.54, 1.807) is 0 Å². The van der Waals surface area contributed by atoms with E-state index < -0.39 is 10.4 Å². The van der Waals surface area contributed by atoms with Crippen LogP contribution in [0.15, 0.2) is 0 Å². The number of unbranched alkanes of at least 4 members (excludes halogenated alkanes) is 13. The van der Waals surface area contributed by atoms with Gasteiger partial charge < -0.3 is 4.48 Å². The van der Waals surface area contributed by atoms with Crippen LogP contribution in [-0.4, -0.2) is 49.2 Å². The molecule has 0 aromatic carbocycles. The van der Waals surface area contributed by atoms with Crippen LogP contribution < -0.4 is 0 Å². The number of hydrogen-bond donors (Lipinski definition) is 2. The van der Waals surface area contributed by atoms with E-state index in [0.717, 1.165) is 0 Å². The zero-order valence-electron chi connectivity index (χ0n) is 17.9. The fourth-order valence-corrected chi connectivity index (χ4v) is 2.89. The zero-order valence-corrected chi connectivity index (χ0v) is 18.7. The number of quaternary nitrogens is 1. The van der Waals surface area contributed by atoms with Gasteiger partial charge in [0.1, 0.15) is 0 Å². The van der Waals surface area contributed by atoms with Crippen LogP contribution in [-0.2, 0) is 10.4 Å². The first-order valence-corrected chi connectivity index (χ1v) is 12.0. The van der Waals surface area contributed by atoms with Crippen molar-refractivity contribution in [3.8, 4) is 0 Å². The van der Waals surface area contributed by atoms with E-state index >= 15 is 0 Å². The molecule has 6 heteroatoms. The predicted molar refractivity (Wildman–Crippen MR) is 112 cm³/mol. The van der Waals surface area contributed by atoms with Crippen LogP contribution >= 0.6 is 0 Å². The SMILES string of the molecule is CCCCCCCCCCCCCCCC[N+](C)(C)CC.O=S(=O)(O)O. The van der Waals surface area contributed by atoms with E-state index in [2.05, 4.69) is 27.9 Å². The van der Waals surface area contributed by atoms with E-state index in [1.807, 2.05) is 0 Å². The minimum absolute atomic E-state index is 1.19. The van der Waals surface area contributed by atoms with Crippen LogP contribution in [0.25, 0.3) is 0 Å². The normalized spacial score (nSPS) is 11.9. The average molecular weight is 397 g/mol. The lowest BCUT2D eigenvalue weighted by Crippen LogP contribution is -2.39. The number of rotatable bonds is 16. The quantitative estimate of drug-likeness (QED) is 0.193. The standard InChI is InChI=1S/C20H44N.H2O4S/c1-5-7-8-9-10-11-12-13-14-15-16-17-18-19-20-21(3,4)6-2;1-5(2,3)4/h5-20H2,1-4H3;(H2,1,2,3,4)/q+1;. The van der Waals surface area contributed by atoms with Crippen molar-refractivity contribution in [1.29, 1.82) is 0 Å². The maximum atomic E-state index is 8.74. The molecule has 0 fully saturated rings. The summed E-state index contributed by atoms with van der Waals surface area (Å²) in [4.78, 5) is 0. The second kappa shape index (κ2) is 18.2. The second-order valence-electron chi connectivity index (χ2n) is 8.02. The first-order chi connectivity index (χ1) is 12.1. The first-order valence-electron chi connectivity index (χ1n) is 10.6. The Morgan fingerprint density at radius 3 is 1.15 bits per heavy atom. The molecule has 0 aliphatic rings. The van der Waals surface area contributed by atoms with Crippen molar-refractivity contribution in [3.63, 3.8) is 0 Å². The van der Waals surface area contributed by atoms with E-state index in [4.69, 9.17) is 17.5 Å². The van der Waals surface area contributed by atoms with E-state index in [1.165, 1.54) is 107 Å². The highest BCUT2D eigenvalue weighted by Crippen LogP contribution is 2.13. The van der Waals surface area contributed by atoms with Crippen LogP contribution in [0.3, 0.4) is 0 Å². The lowest BCUT2D eigenvalue weighted by atomic mass is 10.0. The van der Waals surface area contributed by atoms with E-state index in [-0.39, 0.29) is 0 Å². The smallest absolute Gasteiger partial charge is 0.329 e. The topological polar surface area (TPSA) is 74.6 Å². The molecule has 0 radical (unpaired) electrons. The van der Waals surface area contributed by atoms with Crippen molar-refractivity contribution in [2.75, 3.05) is 27.2 Å². The Hall–Kier alpha value is -0.170. The summed E-state index contributed by atoms with van der Waals surface area (Å²) in [5.74, 6) is 0. The fraction of sp³-hybridized carbons (Fsp3) is 1.00. The summed E-state index contributed by atoms with van der Waals surface area (Å²) in [6.07, 6.45) is 20.4. The Labute approximate surface area is 163 Å². The van der Waals surface area contributed by atoms with Gasteiger partial charge in [-0.15, -0.1) is 0 Å². The summed E-state index contributed by atoms with van der Waals surface area (Å²) >= 11 is 0. The maximum Gasteiger partial charge on any atom is 0.394 e. The molecule has 0 unspecified atom stereocenters. The lowest BCUT2D eigenvalue weighted by molar-refractivity contribution is -0.888. The Kier molecular flexibility index (Phi) is 19.6. The molecule has 2 N–H and O–H groups in total. The first kappa shape index (κ1) is 28.0. The minimum atomic E-state index is -4.67. The molecule has 0 amide bonds. The second-order valence-corrected chi connectivity index (χ2v) is 8.92. The fourth-order valence-electron chi connectivity index (χ4n) is 2.89. The highest BCUT2D eigenvalue weighted by atomic mass is 32.3. The number of nitrogens with zero attached hydrogens (tertiary/aromatic N) is 1. The van der Waals surface area contributed by atoms with Crippen molar-refractivity contribution in [3.05, 3.63) is 0 Å². The van der Waals surface area contributed by atoms with Crippen molar-refractivity contribution in [2.45, 2.75) is 104 Å². The molecule has 0 aromatic heterocycles. The molecule has 160 valence electrons. The predicted octanol–water partition coefficient (Wildman–Crippen LogP) is 5.91. The highest BCUT2D eigenvalue weighted by molar-refractivity contribution is 7.79. The lowest BCUT2D eigenvalue weighted by Gasteiger charge is -2.28. The summed E-state index contributed by atoms with van der Waals surface area (Å²) in [5.41, 5.74) is 0. The van der Waals surface area contributed by atoms with Crippen LogP contribution in [0.1, 0.15) is 104 Å². The van der Waals surface area contributed by atoms with Crippen molar-refractivity contribution >= 4 is 10.4 Å². The van der Waals surface area contributed by atoms with Crippen LogP contribution in [0.5, 0.6) is 0 Å². The molecule has 0 saturated heterocycles. The number of hydrogen-bond acceptors (Lipinski definition) is 2. The monoisotopic (exact) mass is 396 g/mol. The summed E-state index contributed by atoms with van der Waals surface area (Å²) in [5, 5.41) is 0. The van der Waals surface area contributed by atoms with Crippen molar-refractivity contribution < 1.29 is 22.0 Å². The molecule has 0 saturated carbocycles. The summed E-state index contributed by atoms with van der Waals surface area (Å²) in [6.45, 7) is 7.21. The van der Waals surface area contributed by atoms with Crippen LogP contribution in [0, 0.1) is 0 Å². The molecule has 0 aliphatic heterocycles.